The molecule has 4 heteroatoms. The van der Waals surface area contributed by atoms with Gasteiger partial charge in [-0.15, -0.1) is 0 Å². The van der Waals surface area contributed by atoms with Crippen LogP contribution < -0.4 is 10.6 Å². The molecule has 1 aliphatic rings. The van der Waals surface area contributed by atoms with Crippen molar-refractivity contribution >= 4 is 44.5 Å². The molecular formula is C19H14BrN3. The highest BCUT2D eigenvalue weighted by Crippen LogP contribution is 2.34. The van der Waals surface area contributed by atoms with Crippen LogP contribution >= 0.6 is 15.9 Å². The minimum absolute atomic E-state index is 0.834. The van der Waals surface area contributed by atoms with E-state index in [1.54, 1.807) is 0 Å². The van der Waals surface area contributed by atoms with Gasteiger partial charge >= 0.3 is 0 Å². The second-order valence-corrected chi connectivity index (χ2v) is 6.20. The van der Waals surface area contributed by atoms with Gasteiger partial charge in [-0.05, 0) is 48.5 Å². The predicted molar refractivity (Wildman–Crippen MR) is 100 cm³/mol. The van der Waals surface area contributed by atoms with E-state index in [9.17, 15) is 0 Å². The van der Waals surface area contributed by atoms with Gasteiger partial charge in [0.2, 0.25) is 0 Å². The van der Waals surface area contributed by atoms with Crippen LogP contribution in [0.1, 0.15) is 5.56 Å². The van der Waals surface area contributed by atoms with Crippen molar-refractivity contribution in [1.29, 1.82) is 0 Å². The van der Waals surface area contributed by atoms with Crippen LogP contribution in [0, 0.1) is 0 Å². The average Bonchev–Trinajstić information content (AvgIpc) is 2.73. The molecule has 0 aliphatic carbocycles. The lowest BCUT2D eigenvalue weighted by atomic mass is 10.1. The normalized spacial score (nSPS) is 12.3. The monoisotopic (exact) mass is 363 g/mol. The van der Waals surface area contributed by atoms with Gasteiger partial charge in [0.05, 0.1) is 11.4 Å². The van der Waals surface area contributed by atoms with Crippen molar-refractivity contribution in [1.82, 2.24) is 0 Å². The lowest BCUT2D eigenvalue weighted by Gasteiger charge is -2.12. The Kier molecular flexibility index (Phi) is 3.60. The number of hydrogen-bond donors (Lipinski definition) is 2. The molecule has 0 aromatic heterocycles. The molecule has 0 bridgehead atoms. The van der Waals surface area contributed by atoms with E-state index in [4.69, 9.17) is 4.99 Å². The molecule has 0 amide bonds. The van der Waals surface area contributed by atoms with Gasteiger partial charge in [0.1, 0.15) is 5.84 Å². The maximum Gasteiger partial charge on any atom is 0.140 e. The van der Waals surface area contributed by atoms with Crippen LogP contribution in [-0.4, -0.2) is 5.84 Å². The first-order valence-corrected chi connectivity index (χ1v) is 8.16. The molecule has 1 heterocycles. The molecule has 0 radical (unpaired) electrons. The summed E-state index contributed by atoms with van der Waals surface area (Å²) in [5, 5.41) is 6.90. The highest BCUT2D eigenvalue weighted by molar-refractivity contribution is 9.10. The molecule has 0 unspecified atom stereocenters. The van der Waals surface area contributed by atoms with Crippen LogP contribution in [0.2, 0.25) is 0 Å². The van der Waals surface area contributed by atoms with Crippen LogP contribution in [0.4, 0.5) is 22.7 Å². The number of rotatable bonds is 1. The third-order valence-electron chi connectivity index (χ3n) is 3.69. The van der Waals surface area contributed by atoms with Gasteiger partial charge in [0.25, 0.3) is 0 Å². The summed E-state index contributed by atoms with van der Waals surface area (Å²) in [7, 11) is 0. The second kappa shape index (κ2) is 5.89. The smallest absolute Gasteiger partial charge is 0.140 e. The van der Waals surface area contributed by atoms with E-state index >= 15 is 0 Å². The van der Waals surface area contributed by atoms with Gasteiger partial charge in [-0.1, -0.05) is 40.2 Å². The average molecular weight is 364 g/mol. The van der Waals surface area contributed by atoms with Gasteiger partial charge in [-0.3, -0.25) is 0 Å². The summed E-state index contributed by atoms with van der Waals surface area (Å²) in [6.07, 6.45) is 0. The number of fused-ring (bicyclic) bond motifs is 2. The number of anilines is 3. The number of para-hydroxylation sites is 3. The van der Waals surface area contributed by atoms with Crippen molar-refractivity contribution in [3.8, 4) is 0 Å². The zero-order valence-electron chi connectivity index (χ0n) is 12.3. The highest BCUT2D eigenvalue weighted by Gasteiger charge is 2.15. The van der Waals surface area contributed by atoms with Crippen molar-refractivity contribution in [2.75, 3.05) is 10.6 Å². The fourth-order valence-corrected chi connectivity index (χ4v) is 2.83. The number of nitrogens with zero attached hydrogens (tertiary/aromatic N) is 1. The summed E-state index contributed by atoms with van der Waals surface area (Å²) >= 11 is 3.46. The largest absolute Gasteiger partial charge is 0.353 e. The van der Waals surface area contributed by atoms with Crippen molar-refractivity contribution in [3.05, 3.63) is 82.8 Å². The molecule has 2 N–H and O–H groups in total. The molecule has 0 saturated carbocycles. The van der Waals surface area contributed by atoms with E-state index in [0.29, 0.717) is 0 Å². The van der Waals surface area contributed by atoms with Gasteiger partial charge in [-0.2, -0.15) is 0 Å². The molecule has 0 atom stereocenters. The summed E-state index contributed by atoms with van der Waals surface area (Å²) in [5.41, 5.74) is 5.02. The van der Waals surface area contributed by atoms with E-state index in [2.05, 4.69) is 38.7 Å². The number of benzene rings is 3. The van der Waals surface area contributed by atoms with Gasteiger partial charge in [0.15, 0.2) is 0 Å². The highest BCUT2D eigenvalue weighted by atomic mass is 79.9. The van der Waals surface area contributed by atoms with Gasteiger partial charge < -0.3 is 10.6 Å². The Bertz CT molecular complexity index is 885. The van der Waals surface area contributed by atoms with Gasteiger partial charge in [-0.25, -0.2) is 4.99 Å². The van der Waals surface area contributed by atoms with E-state index in [0.717, 1.165) is 38.6 Å². The van der Waals surface area contributed by atoms with E-state index < -0.39 is 0 Å². The first kappa shape index (κ1) is 14.0. The summed E-state index contributed by atoms with van der Waals surface area (Å²) in [4.78, 5) is 4.83. The summed E-state index contributed by atoms with van der Waals surface area (Å²) in [5.74, 6) is 0.834. The lowest BCUT2D eigenvalue weighted by Crippen LogP contribution is -2.13. The van der Waals surface area contributed by atoms with Crippen molar-refractivity contribution in [2.24, 2.45) is 4.99 Å². The van der Waals surface area contributed by atoms with Crippen LogP contribution in [0.15, 0.2) is 82.3 Å². The predicted octanol–water partition coefficient (Wildman–Crippen LogP) is 5.70. The molecule has 0 saturated heterocycles. The van der Waals surface area contributed by atoms with Crippen LogP contribution in [-0.2, 0) is 0 Å². The molecular weight excluding hydrogens is 350 g/mol. The fourth-order valence-electron chi connectivity index (χ4n) is 2.57. The second-order valence-electron chi connectivity index (χ2n) is 5.28. The standard InChI is InChI=1S/C19H14BrN3/c20-13-9-11-14(12-10-13)21-19-15-5-1-2-6-16(15)22-17-7-3-4-8-18(17)23-19/h1-12,22H,(H,21,23). The Labute approximate surface area is 143 Å². The Balaban J connectivity index is 1.82. The minimum atomic E-state index is 0.834. The number of halogens is 1. The number of hydrogen-bond acceptors (Lipinski definition) is 3. The first-order chi connectivity index (χ1) is 11.3. The van der Waals surface area contributed by atoms with E-state index in [1.807, 2.05) is 60.7 Å². The zero-order chi connectivity index (χ0) is 15.6. The number of nitrogens with one attached hydrogen (secondary N) is 2. The molecule has 3 aromatic rings. The maximum atomic E-state index is 4.83. The topological polar surface area (TPSA) is 36.4 Å². The first-order valence-electron chi connectivity index (χ1n) is 7.36. The Morgan fingerprint density at radius 2 is 1.48 bits per heavy atom. The van der Waals surface area contributed by atoms with E-state index in [1.165, 1.54) is 0 Å². The third kappa shape index (κ3) is 2.85. The molecule has 1 aliphatic heterocycles. The van der Waals surface area contributed by atoms with Crippen molar-refractivity contribution < 1.29 is 0 Å². The zero-order valence-corrected chi connectivity index (χ0v) is 13.8. The third-order valence-corrected chi connectivity index (χ3v) is 4.22. The fraction of sp³-hybridized carbons (Fsp3) is 0. The van der Waals surface area contributed by atoms with Crippen molar-refractivity contribution in [2.45, 2.75) is 0 Å². The molecule has 3 aromatic carbocycles. The molecule has 112 valence electrons. The van der Waals surface area contributed by atoms with Gasteiger partial charge in [0, 0.05) is 21.4 Å². The van der Waals surface area contributed by atoms with Crippen molar-refractivity contribution in [3.63, 3.8) is 0 Å². The van der Waals surface area contributed by atoms with Crippen LogP contribution in [0.3, 0.4) is 0 Å². The summed E-state index contributed by atoms with van der Waals surface area (Å²) in [6, 6.07) is 24.3. The summed E-state index contributed by atoms with van der Waals surface area (Å²) in [6.45, 7) is 0. The Morgan fingerprint density at radius 3 is 2.30 bits per heavy atom. The SMILES string of the molecule is Brc1ccc(NC2=Nc3ccccc3Nc3ccccc32)cc1. The molecule has 0 fully saturated rings. The lowest BCUT2D eigenvalue weighted by molar-refractivity contribution is 1.49. The molecule has 3 nitrogen and oxygen atoms in total. The molecule has 23 heavy (non-hydrogen) atoms. The Morgan fingerprint density at radius 1 is 0.783 bits per heavy atom. The number of aliphatic imine (C=N–C) groups is 1. The van der Waals surface area contributed by atoms with Crippen LogP contribution in [0.5, 0.6) is 0 Å². The summed E-state index contributed by atoms with van der Waals surface area (Å²) < 4.78 is 1.05. The Hall–Kier alpha value is -2.59. The quantitative estimate of drug-likeness (QED) is 0.581. The molecule has 0 spiro atoms. The van der Waals surface area contributed by atoms with E-state index in [-0.39, 0.29) is 0 Å². The molecule has 4 rings (SSSR count). The number of amidine groups is 1. The maximum absolute atomic E-state index is 4.83. The van der Waals surface area contributed by atoms with Crippen LogP contribution in [0.25, 0.3) is 0 Å². The minimum Gasteiger partial charge on any atom is -0.353 e.